The Hall–Kier alpha value is -1.77. The summed E-state index contributed by atoms with van der Waals surface area (Å²) < 4.78 is 39.5. The van der Waals surface area contributed by atoms with Gasteiger partial charge in [0.05, 0.1) is 5.69 Å². The minimum absolute atomic E-state index is 0.227. The summed E-state index contributed by atoms with van der Waals surface area (Å²) in [4.78, 5) is 0. The molecular weight excluding hydrogens is 263 g/mol. The summed E-state index contributed by atoms with van der Waals surface area (Å²) in [6.45, 7) is 1.53. The molecule has 0 aromatic carbocycles. The molecule has 0 saturated carbocycles. The van der Waals surface area contributed by atoms with Crippen LogP contribution in [0.2, 0.25) is 0 Å². The van der Waals surface area contributed by atoms with E-state index in [2.05, 4.69) is 15.6 Å². The molecule has 9 heteroatoms. The summed E-state index contributed by atoms with van der Waals surface area (Å²) in [5.74, 6) is -2.88. The molecule has 0 aliphatic rings. The monoisotopic (exact) mass is 279 g/mol. The summed E-state index contributed by atoms with van der Waals surface area (Å²) in [6, 6.07) is 0. The Bertz CT molecular complexity index is 455. The molecule has 0 amide bonds. The molecule has 0 aliphatic carbocycles. The van der Waals surface area contributed by atoms with Crippen molar-refractivity contribution >= 4 is 5.84 Å². The van der Waals surface area contributed by atoms with E-state index in [9.17, 15) is 13.2 Å². The molecule has 1 heterocycles. The Morgan fingerprint density at radius 2 is 2.26 bits per heavy atom. The fourth-order valence-electron chi connectivity index (χ4n) is 1.63. The van der Waals surface area contributed by atoms with Crippen LogP contribution in [0.3, 0.4) is 0 Å². The van der Waals surface area contributed by atoms with Crippen molar-refractivity contribution in [3.05, 3.63) is 17.5 Å². The summed E-state index contributed by atoms with van der Waals surface area (Å²) in [5, 5.41) is 17.5. The van der Waals surface area contributed by atoms with E-state index in [4.69, 9.17) is 10.9 Å². The van der Waals surface area contributed by atoms with Crippen molar-refractivity contribution in [2.75, 3.05) is 6.54 Å². The quantitative estimate of drug-likeness (QED) is 0.321. The predicted molar refractivity (Wildman–Crippen MR) is 62.6 cm³/mol. The number of amidine groups is 1. The molecule has 4 N–H and O–H groups in total. The highest BCUT2D eigenvalue weighted by atomic mass is 19.4. The van der Waals surface area contributed by atoms with Gasteiger partial charge in [0.25, 0.3) is 0 Å². The van der Waals surface area contributed by atoms with E-state index in [1.807, 2.05) is 0 Å². The third-order valence-electron chi connectivity index (χ3n) is 2.65. The molecule has 0 spiro atoms. The fraction of sp³-hybridized carbons (Fsp3) is 0.600. The van der Waals surface area contributed by atoms with Crippen LogP contribution in [-0.2, 0) is 13.6 Å². The molecule has 1 aromatic heterocycles. The van der Waals surface area contributed by atoms with Crippen LogP contribution < -0.4 is 11.1 Å². The Labute approximate surface area is 108 Å². The molecule has 108 valence electrons. The van der Waals surface area contributed by atoms with E-state index in [0.29, 0.717) is 0 Å². The zero-order chi connectivity index (χ0) is 14.6. The summed E-state index contributed by atoms with van der Waals surface area (Å²) >= 11 is 0. The number of aryl methyl sites for hydroxylation is 2. The Morgan fingerprint density at radius 1 is 1.63 bits per heavy atom. The maximum absolute atomic E-state index is 12.6. The number of halogens is 3. The number of hydrogen-bond donors (Lipinski definition) is 3. The molecule has 0 fully saturated rings. The predicted octanol–water partition coefficient (Wildman–Crippen LogP) is 0.743. The van der Waals surface area contributed by atoms with Crippen LogP contribution in [0.15, 0.2) is 11.4 Å². The van der Waals surface area contributed by atoms with Crippen molar-refractivity contribution in [3.63, 3.8) is 0 Å². The molecule has 1 aromatic rings. The molecule has 0 radical (unpaired) electrons. The smallest absolute Gasteiger partial charge is 0.400 e. The average Bonchev–Trinajstić information content (AvgIpc) is 2.61. The lowest BCUT2D eigenvalue weighted by Gasteiger charge is -2.19. The highest BCUT2D eigenvalue weighted by Gasteiger charge is 2.42. The summed E-state index contributed by atoms with van der Waals surface area (Å²) in [6.07, 6.45) is -2.85. The molecule has 0 aliphatic heterocycles. The highest BCUT2D eigenvalue weighted by molar-refractivity contribution is 5.83. The number of rotatable bonds is 5. The Kier molecular flexibility index (Phi) is 4.76. The molecule has 0 bridgehead atoms. The van der Waals surface area contributed by atoms with Gasteiger partial charge in [-0.15, -0.1) is 0 Å². The molecule has 1 rings (SSSR count). The summed E-state index contributed by atoms with van der Waals surface area (Å²) in [5.41, 5.74) is 6.57. The van der Waals surface area contributed by atoms with Crippen molar-refractivity contribution in [1.82, 2.24) is 15.1 Å². The Morgan fingerprint density at radius 3 is 2.68 bits per heavy atom. The van der Waals surface area contributed by atoms with E-state index in [0.717, 1.165) is 11.3 Å². The van der Waals surface area contributed by atoms with E-state index < -0.39 is 24.5 Å². The highest BCUT2D eigenvalue weighted by Crippen LogP contribution is 2.25. The topological polar surface area (TPSA) is 88.5 Å². The van der Waals surface area contributed by atoms with Gasteiger partial charge in [0.1, 0.15) is 5.92 Å². The van der Waals surface area contributed by atoms with E-state index >= 15 is 0 Å². The first-order valence-electron chi connectivity index (χ1n) is 5.49. The average molecular weight is 279 g/mol. The van der Waals surface area contributed by atoms with Gasteiger partial charge in [0.2, 0.25) is 0 Å². The zero-order valence-electron chi connectivity index (χ0n) is 10.6. The van der Waals surface area contributed by atoms with Gasteiger partial charge in [0.15, 0.2) is 5.84 Å². The first-order chi connectivity index (χ1) is 8.75. The molecule has 1 unspecified atom stereocenters. The van der Waals surface area contributed by atoms with Crippen molar-refractivity contribution in [1.29, 1.82) is 0 Å². The second kappa shape index (κ2) is 5.91. The lowest BCUT2D eigenvalue weighted by atomic mass is 10.1. The van der Waals surface area contributed by atoms with Crippen molar-refractivity contribution in [2.45, 2.75) is 19.6 Å². The zero-order valence-corrected chi connectivity index (χ0v) is 10.6. The number of nitrogens with one attached hydrogen (secondary N) is 1. The Balaban J connectivity index is 2.61. The third kappa shape index (κ3) is 4.12. The molecule has 0 saturated heterocycles. The van der Waals surface area contributed by atoms with Crippen LogP contribution in [0, 0.1) is 12.8 Å². The number of nitrogens with two attached hydrogens (primary N) is 1. The maximum Gasteiger partial charge on any atom is 0.400 e. The second-order valence-corrected chi connectivity index (χ2v) is 4.16. The first-order valence-corrected chi connectivity index (χ1v) is 5.49. The van der Waals surface area contributed by atoms with Crippen molar-refractivity contribution in [3.8, 4) is 0 Å². The number of alkyl halides is 3. The van der Waals surface area contributed by atoms with Crippen LogP contribution in [0.1, 0.15) is 11.3 Å². The molecular formula is C10H16F3N5O. The minimum Gasteiger partial charge on any atom is -0.409 e. The van der Waals surface area contributed by atoms with Gasteiger partial charge >= 0.3 is 6.18 Å². The van der Waals surface area contributed by atoms with Crippen molar-refractivity contribution in [2.24, 2.45) is 23.9 Å². The largest absolute Gasteiger partial charge is 0.409 e. The van der Waals surface area contributed by atoms with Crippen LogP contribution in [0.25, 0.3) is 0 Å². The fourth-order valence-corrected chi connectivity index (χ4v) is 1.63. The third-order valence-corrected chi connectivity index (χ3v) is 2.65. The lowest BCUT2D eigenvalue weighted by Crippen LogP contribution is -2.42. The molecule has 1 atom stereocenters. The van der Waals surface area contributed by atoms with Gasteiger partial charge in [-0.2, -0.15) is 18.3 Å². The normalized spacial score (nSPS) is 14.7. The van der Waals surface area contributed by atoms with E-state index in [1.165, 1.54) is 0 Å². The SMILES string of the molecule is Cc1nn(C)cc1CNCC(/C(N)=N/O)C(F)(F)F. The molecule has 19 heavy (non-hydrogen) atoms. The van der Waals surface area contributed by atoms with Crippen LogP contribution in [0.5, 0.6) is 0 Å². The summed E-state index contributed by atoms with van der Waals surface area (Å²) in [7, 11) is 1.73. The maximum atomic E-state index is 12.6. The minimum atomic E-state index is -4.56. The van der Waals surface area contributed by atoms with Gasteiger partial charge in [0, 0.05) is 31.9 Å². The molecule has 6 nitrogen and oxygen atoms in total. The lowest BCUT2D eigenvalue weighted by molar-refractivity contribution is -0.154. The van der Waals surface area contributed by atoms with Crippen LogP contribution >= 0.6 is 0 Å². The number of oxime groups is 1. The van der Waals surface area contributed by atoms with Gasteiger partial charge < -0.3 is 16.3 Å². The van der Waals surface area contributed by atoms with Gasteiger partial charge in [-0.1, -0.05) is 5.16 Å². The second-order valence-electron chi connectivity index (χ2n) is 4.16. The van der Waals surface area contributed by atoms with E-state index in [-0.39, 0.29) is 6.54 Å². The van der Waals surface area contributed by atoms with Gasteiger partial charge in [-0.05, 0) is 6.92 Å². The van der Waals surface area contributed by atoms with Gasteiger partial charge in [-0.25, -0.2) is 0 Å². The number of hydrogen-bond acceptors (Lipinski definition) is 4. The number of nitrogens with zero attached hydrogens (tertiary/aromatic N) is 3. The standard InChI is InChI=1S/C10H16F3N5O/c1-6-7(5-18(2)16-6)3-15-4-8(9(14)17-19)10(11,12)13/h5,8,15,19H,3-4H2,1-2H3,(H2,14,17). The van der Waals surface area contributed by atoms with E-state index in [1.54, 1.807) is 24.9 Å². The van der Waals surface area contributed by atoms with Gasteiger partial charge in [-0.3, -0.25) is 4.68 Å². The van der Waals surface area contributed by atoms with Crippen LogP contribution in [0.4, 0.5) is 13.2 Å². The first kappa shape index (κ1) is 15.3. The van der Waals surface area contributed by atoms with Crippen LogP contribution in [-0.4, -0.2) is 33.5 Å². The van der Waals surface area contributed by atoms with Crippen molar-refractivity contribution < 1.29 is 18.4 Å². The number of aromatic nitrogens is 2.